The Kier molecular flexibility index (Phi) is 9.01. The van der Waals surface area contributed by atoms with Crippen molar-refractivity contribution >= 4 is 35.0 Å². The van der Waals surface area contributed by atoms with Gasteiger partial charge in [-0.2, -0.15) is 0 Å². The molecule has 1 aliphatic rings. The average Bonchev–Trinajstić information content (AvgIpc) is 2.79. The molecular weight excluding hydrogens is 443 g/mol. The number of alkyl halides is 1. The summed E-state index contributed by atoms with van der Waals surface area (Å²) in [5.41, 5.74) is 2.82. The summed E-state index contributed by atoms with van der Waals surface area (Å²) in [7, 11) is 0. The van der Waals surface area contributed by atoms with Crippen LogP contribution in [0.3, 0.4) is 0 Å². The SMILES string of the molecule is Cc1ccc([C@H](C(=O)NC2CCC(C)CC2)N(CCc2ccccc2Cl)C(=O)CCl)cc1. The third kappa shape index (κ3) is 6.49. The average molecular weight is 475 g/mol. The summed E-state index contributed by atoms with van der Waals surface area (Å²) in [6, 6.07) is 14.8. The second kappa shape index (κ2) is 11.7. The van der Waals surface area contributed by atoms with Crippen molar-refractivity contribution in [3.63, 3.8) is 0 Å². The third-order valence-corrected chi connectivity index (χ3v) is 6.93. The van der Waals surface area contributed by atoms with Crippen LogP contribution in [-0.4, -0.2) is 35.2 Å². The molecule has 2 aromatic carbocycles. The smallest absolute Gasteiger partial charge is 0.247 e. The lowest BCUT2D eigenvalue weighted by Crippen LogP contribution is -2.48. The molecule has 1 atom stereocenters. The van der Waals surface area contributed by atoms with Crippen LogP contribution in [0.5, 0.6) is 0 Å². The van der Waals surface area contributed by atoms with Gasteiger partial charge in [-0.05, 0) is 62.1 Å². The van der Waals surface area contributed by atoms with Crippen LogP contribution in [0.4, 0.5) is 0 Å². The molecule has 6 heteroatoms. The molecule has 0 radical (unpaired) electrons. The van der Waals surface area contributed by atoms with Gasteiger partial charge in [0.2, 0.25) is 11.8 Å². The molecule has 0 spiro atoms. The Hall–Kier alpha value is -2.04. The third-order valence-electron chi connectivity index (χ3n) is 6.33. The maximum absolute atomic E-state index is 13.5. The predicted octanol–water partition coefficient (Wildman–Crippen LogP) is 5.69. The summed E-state index contributed by atoms with van der Waals surface area (Å²) in [5, 5.41) is 3.87. The summed E-state index contributed by atoms with van der Waals surface area (Å²) in [5.74, 6) is 0.0998. The summed E-state index contributed by atoms with van der Waals surface area (Å²) in [6.45, 7) is 4.60. The van der Waals surface area contributed by atoms with Crippen molar-refractivity contribution in [3.05, 3.63) is 70.2 Å². The summed E-state index contributed by atoms with van der Waals surface area (Å²) >= 11 is 12.3. The van der Waals surface area contributed by atoms with Gasteiger partial charge in [0.05, 0.1) is 0 Å². The van der Waals surface area contributed by atoms with E-state index in [2.05, 4.69) is 12.2 Å². The van der Waals surface area contributed by atoms with Gasteiger partial charge in [0.25, 0.3) is 0 Å². The minimum Gasteiger partial charge on any atom is -0.351 e. The van der Waals surface area contributed by atoms with Crippen LogP contribution in [0, 0.1) is 12.8 Å². The quantitative estimate of drug-likeness (QED) is 0.499. The summed E-state index contributed by atoms with van der Waals surface area (Å²) in [6.07, 6.45) is 4.69. The van der Waals surface area contributed by atoms with Crippen LogP contribution in [0.1, 0.15) is 55.3 Å². The van der Waals surface area contributed by atoms with E-state index in [1.54, 1.807) is 4.90 Å². The fourth-order valence-corrected chi connectivity index (χ4v) is 4.71. The topological polar surface area (TPSA) is 49.4 Å². The second-order valence-electron chi connectivity index (χ2n) is 8.84. The van der Waals surface area contributed by atoms with Crippen LogP contribution < -0.4 is 5.32 Å². The predicted molar refractivity (Wildman–Crippen MR) is 131 cm³/mol. The minimum atomic E-state index is -0.733. The second-order valence-corrected chi connectivity index (χ2v) is 9.52. The van der Waals surface area contributed by atoms with Crippen molar-refractivity contribution in [1.29, 1.82) is 0 Å². The fourth-order valence-electron chi connectivity index (χ4n) is 4.32. The van der Waals surface area contributed by atoms with Crippen LogP contribution in [0.25, 0.3) is 0 Å². The zero-order valence-corrected chi connectivity index (χ0v) is 20.3. The van der Waals surface area contributed by atoms with Crippen molar-refractivity contribution in [1.82, 2.24) is 10.2 Å². The molecule has 172 valence electrons. The highest BCUT2D eigenvalue weighted by molar-refractivity contribution is 6.31. The molecule has 1 aliphatic carbocycles. The van der Waals surface area contributed by atoms with Gasteiger partial charge in [0.15, 0.2) is 0 Å². The van der Waals surface area contributed by atoms with Crippen molar-refractivity contribution in [2.75, 3.05) is 12.4 Å². The number of carbonyl (C=O) groups excluding carboxylic acids is 2. The highest BCUT2D eigenvalue weighted by Crippen LogP contribution is 2.27. The van der Waals surface area contributed by atoms with Gasteiger partial charge >= 0.3 is 0 Å². The largest absolute Gasteiger partial charge is 0.351 e. The van der Waals surface area contributed by atoms with E-state index in [4.69, 9.17) is 23.2 Å². The number of benzene rings is 2. The lowest BCUT2D eigenvalue weighted by molar-refractivity contribution is -0.139. The molecule has 1 fully saturated rings. The van der Waals surface area contributed by atoms with E-state index in [1.165, 1.54) is 0 Å². The highest BCUT2D eigenvalue weighted by Gasteiger charge is 2.32. The molecular formula is C26H32Cl2N2O2. The molecule has 0 heterocycles. The molecule has 32 heavy (non-hydrogen) atoms. The number of hydrogen-bond donors (Lipinski definition) is 1. The van der Waals surface area contributed by atoms with Gasteiger partial charge < -0.3 is 10.2 Å². The first-order valence-electron chi connectivity index (χ1n) is 11.3. The number of rotatable bonds is 8. The molecule has 0 aliphatic heterocycles. The van der Waals surface area contributed by atoms with Crippen molar-refractivity contribution < 1.29 is 9.59 Å². The van der Waals surface area contributed by atoms with E-state index in [0.717, 1.165) is 42.4 Å². The molecule has 2 aromatic rings. The van der Waals surface area contributed by atoms with Crippen LogP contribution in [-0.2, 0) is 16.0 Å². The summed E-state index contributed by atoms with van der Waals surface area (Å²) in [4.78, 5) is 28.1. The van der Waals surface area contributed by atoms with Gasteiger partial charge in [-0.25, -0.2) is 0 Å². The number of hydrogen-bond acceptors (Lipinski definition) is 2. The monoisotopic (exact) mass is 474 g/mol. The number of halogens is 2. The van der Waals surface area contributed by atoms with E-state index in [9.17, 15) is 9.59 Å². The van der Waals surface area contributed by atoms with E-state index in [-0.39, 0.29) is 23.7 Å². The van der Waals surface area contributed by atoms with Crippen molar-refractivity contribution in [2.45, 2.75) is 58.0 Å². The molecule has 0 unspecified atom stereocenters. The van der Waals surface area contributed by atoms with Gasteiger partial charge in [0.1, 0.15) is 11.9 Å². The highest BCUT2D eigenvalue weighted by atomic mass is 35.5. The number of aryl methyl sites for hydroxylation is 1. The van der Waals surface area contributed by atoms with Gasteiger partial charge in [0, 0.05) is 17.6 Å². The molecule has 2 amide bonds. The molecule has 1 N–H and O–H groups in total. The Morgan fingerprint density at radius 1 is 1.06 bits per heavy atom. The maximum atomic E-state index is 13.5. The first-order chi connectivity index (χ1) is 15.4. The molecule has 1 saturated carbocycles. The first-order valence-corrected chi connectivity index (χ1v) is 12.3. The number of nitrogens with one attached hydrogen (secondary N) is 1. The van der Waals surface area contributed by atoms with Gasteiger partial charge in [-0.15, -0.1) is 11.6 Å². The Bertz CT molecular complexity index is 908. The lowest BCUT2D eigenvalue weighted by Gasteiger charge is -2.34. The van der Waals surface area contributed by atoms with Crippen molar-refractivity contribution in [3.8, 4) is 0 Å². The Balaban J connectivity index is 1.86. The minimum absolute atomic E-state index is 0.142. The number of nitrogens with zero attached hydrogens (tertiary/aromatic N) is 1. The Morgan fingerprint density at radius 3 is 2.34 bits per heavy atom. The lowest BCUT2D eigenvalue weighted by atomic mass is 9.87. The van der Waals surface area contributed by atoms with Gasteiger partial charge in [-0.1, -0.05) is 66.6 Å². The molecule has 0 aromatic heterocycles. The van der Waals surface area contributed by atoms with E-state index in [1.807, 2.05) is 55.5 Å². The normalized spacial score (nSPS) is 19.2. The van der Waals surface area contributed by atoms with Crippen molar-refractivity contribution in [2.24, 2.45) is 5.92 Å². The summed E-state index contributed by atoms with van der Waals surface area (Å²) < 4.78 is 0. The fraction of sp³-hybridized carbons (Fsp3) is 0.462. The van der Waals surface area contributed by atoms with Crippen LogP contribution in [0.2, 0.25) is 5.02 Å². The Morgan fingerprint density at radius 2 is 1.72 bits per heavy atom. The zero-order chi connectivity index (χ0) is 23.1. The number of amides is 2. The standard InChI is InChI=1S/C26H32Cl2N2O2/c1-18-7-11-21(12-8-18)25(26(32)29-22-13-9-19(2)10-14-22)30(24(31)17-27)16-15-20-5-3-4-6-23(20)28/h3-8,11-12,19,22,25H,9-10,13-17H2,1-2H3,(H,29,32)/t19?,22?,25-/m1/s1. The molecule has 0 bridgehead atoms. The van der Waals surface area contributed by atoms with E-state index < -0.39 is 6.04 Å². The van der Waals surface area contributed by atoms with E-state index >= 15 is 0 Å². The molecule has 0 saturated heterocycles. The first kappa shape index (κ1) is 24.6. The zero-order valence-electron chi connectivity index (χ0n) is 18.8. The molecule has 3 rings (SSSR count). The van der Waals surface area contributed by atoms with Crippen LogP contribution >= 0.6 is 23.2 Å². The van der Waals surface area contributed by atoms with Gasteiger partial charge in [-0.3, -0.25) is 9.59 Å². The number of carbonyl (C=O) groups is 2. The molecule has 4 nitrogen and oxygen atoms in total. The van der Waals surface area contributed by atoms with Crippen LogP contribution in [0.15, 0.2) is 48.5 Å². The maximum Gasteiger partial charge on any atom is 0.247 e. The van der Waals surface area contributed by atoms with E-state index in [0.29, 0.717) is 23.9 Å². The Labute approximate surface area is 201 Å².